The lowest BCUT2D eigenvalue weighted by Crippen LogP contribution is -2.14. The van der Waals surface area contributed by atoms with Crippen molar-refractivity contribution in [2.75, 3.05) is 11.3 Å². The molecule has 0 aliphatic carbocycles. The molecule has 1 N–H and O–H groups in total. The molecule has 0 fully saturated rings. The Morgan fingerprint density at radius 3 is 2.45 bits per heavy atom. The third-order valence-corrected chi connectivity index (χ3v) is 6.13. The second-order valence-electron chi connectivity index (χ2n) is 6.29. The van der Waals surface area contributed by atoms with Crippen LogP contribution < -0.4 is 4.72 Å². The molecule has 3 aromatic rings. The molecule has 0 aliphatic heterocycles. The van der Waals surface area contributed by atoms with Crippen LogP contribution in [0.5, 0.6) is 0 Å². The van der Waals surface area contributed by atoms with Crippen molar-refractivity contribution >= 4 is 37.6 Å². The van der Waals surface area contributed by atoms with Gasteiger partial charge in [-0.1, -0.05) is 58.4 Å². The smallest absolute Gasteiger partial charge is 0.310 e. The SMILES string of the molecule is CCOC(=O)Cc1cccc(NS(=O)(=O)c2ccccc2-c2ccc(Br)cc2)c1. The van der Waals surface area contributed by atoms with Crippen molar-refractivity contribution in [2.45, 2.75) is 18.2 Å². The molecule has 5 nitrogen and oxygen atoms in total. The molecule has 0 amide bonds. The van der Waals surface area contributed by atoms with E-state index in [1.807, 2.05) is 24.3 Å². The highest BCUT2D eigenvalue weighted by Gasteiger charge is 2.19. The van der Waals surface area contributed by atoms with Gasteiger partial charge in [-0.2, -0.15) is 0 Å². The fourth-order valence-corrected chi connectivity index (χ4v) is 4.45. The maximum Gasteiger partial charge on any atom is 0.310 e. The van der Waals surface area contributed by atoms with Crippen molar-refractivity contribution in [3.8, 4) is 11.1 Å². The Bertz CT molecular complexity index is 1110. The third-order valence-electron chi connectivity index (χ3n) is 4.16. The van der Waals surface area contributed by atoms with Gasteiger partial charge in [-0.05, 0) is 48.4 Å². The Morgan fingerprint density at radius 2 is 1.72 bits per heavy atom. The molecular formula is C22H20BrNO4S. The van der Waals surface area contributed by atoms with Crippen molar-refractivity contribution in [2.24, 2.45) is 0 Å². The zero-order valence-corrected chi connectivity index (χ0v) is 18.2. The number of nitrogens with one attached hydrogen (secondary N) is 1. The quantitative estimate of drug-likeness (QED) is 0.488. The Morgan fingerprint density at radius 1 is 1.00 bits per heavy atom. The summed E-state index contributed by atoms with van der Waals surface area (Å²) in [6.07, 6.45) is 0.0822. The van der Waals surface area contributed by atoms with E-state index in [4.69, 9.17) is 4.74 Å². The third kappa shape index (κ3) is 5.46. The first kappa shape index (κ1) is 21.1. The fraction of sp³-hybridized carbons (Fsp3) is 0.136. The summed E-state index contributed by atoms with van der Waals surface area (Å²) in [6, 6.07) is 21.0. The molecular weight excluding hydrogens is 454 g/mol. The average Bonchev–Trinajstić information content (AvgIpc) is 2.69. The zero-order valence-electron chi connectivity index (χ0n) is 15.8. The minimum Gasteiger partial charge on any atom is -0.466 e. The Balaban J connectivity index is 1.89. The number of benzene rings is 3. The molecule has 0 bridgehead atoms. The van der Waals surface area contributed by atoms with Crippen LogP contribution in [-0.2, 0) is 26.0 Å². The minimum atomic E-state index is -3.84. The molecule has 0 saturated heterocycles. The molecule has 29 heavy (non-hydrogen) atoms. The number of anilines is 1. The van der Waals surface area contributed by atoms with Gasteiger partial charge in [0.2, 0.25) is 0 Å². The van der Waals surface area contributed by atoms with Gasteiger partial charge in [0.1, 0.15) is 0 Å². The standard InChI is InChI=1S/C22H20BrNO4S/c1-2-28-22(25)15-16-6-5-7-19(14-16)24-29(26,27)21-9-4-3-8-20(21)17-10-12-18(23)13-11-17/h3-14,24H,2,15H2,1H3. The average molecular weight is 474 g/mol. The van der Waals surface area contributed by atoms with E-state index in [1.165, 1.54) is 0 Å². The molecule has 0 unspecified atom stereocenters. The number of carbonyl (C=O) groups excluding carboxylic acids is 1. The second-order valence-corrected chi connectivity index (χ2v) is 8.86. The molecule has 0 heterocycles. The van der Waals surface area contributed by atoms with Crippen molar-refractivity contribution in [1.82, 2.24) is 0 Å². The monoisotopic (exact) mass is 473 g/mol. The van der Waals surface area contributed by atoms with Crippen LogP contribution in [0.2, 0.25) is 0 Å². The highest BCUT2D eigenvalue weighted by Crippen LogP contribution is 2.29. The Hall–Kier alpha value is -2.64. The predicted molar refractivity (Wildman–Crippen MR) is 117 cm³/mol. The largest absolute Gasteiger partial charge is 0.466 e. The fourth-order valence-electron chi connectivity index (χ4n) is 2.90. The van der Waals surface area contributed by atoms with E-state index >= 15 is 0 Å². The lowest BCUT2D eigenvalue weighted by atomic mass is 10.1. The number of carbonyl (C=O) groups is 1. The number of sulfonamides is 1. The van der Waals surface area contributed by atoms with E-state index in [1.54, 1.807) is 55.5 Å². The first-order valence-corrected chi connectivity index (χ1v) is 11.3. The van der Waals surface area contributed by atoms with E-state index in [0.29, 0.717) is 23.4 Å². The summed E-state index contributed by atoms with van der Waals surface area (Å²) in [6.45, 7) is 2.04. The maximum absolute atomic E-state index is 13.1. The molecule has 3 aromatic carbocycles. The van der Waals surface area contributed by atoms with Crippen LogP contribution in [0.4, 0.5) is 5.69 Å². The first-order chi connectivity index (χ1) is 13.9. The van der Waals surface area contributed by atoms with Crippen LogP contribution in [-0.4, -0.2) is 21.0 Å². The van der Waals surface area contributed by atoms with E-state index < -0.39 is 10.0 Å². The number of esters is 1. The van der Waals surface area contributed by atoms with E-state index in [9.17, 15) is 13.2 Å². The van der Waals surface area contributed by atoms with Crippen LogP contribution in [0.25, 0.3) is 11.1 Å². The van der Waals surface area contributed by atoms with Gasteiger partial charge < -0.3 is 4.74 Å². The summed E-state index contributed by atoms with van der Waals surface area (Å²) in [7, 11) is -3.84. The lowest BCUT2D eigenvalue weighted by molar-refractivity contribution is -0.142. The molecule has 150 valence electrons. The van der Waals surface area contributed by atoms with Gasteiger partial charge in [0.05, 0.1) is 17.9 Å². The van der Waals surface area contributed by atoms with Gasteiger partial charge in [-0.3, -0.25) is 9.52 Å². The molecule has 0 radical (unpaired) electrons. The van der Waals surface area contributed by atoms with Gasteiger partial charge in [0.25, 0.3) is 10.0 Å². The van der Waals surface area contributed by atoms with E-state index in [2.05, 4.69) is 20.7 Å². The summed E-state index contributed by atoms with van der Waals surface area (Å²) in [5.74, 6) is -0.354. The van der Waals surface area contributed by atoms with Crippen molar-refractivity contribution in [3.05, 3.63) is 82.8 Å². The van der Waals surface area contributed by atoms with Crippen molar-refractivity contribution < 1.29 is 17.9 Å². The van der Waals surface area contributed by atoms with E-state index in [-0.39, 0.29) is 17.3 Å². The van der Waals surface area contributed by atoms with E-state index in [0.717, 1.165) is 10.0 Å². The van der Waals surface area contributed by atoms with Crippen LogP contribution >= 0.6 is 15.9 Å². The van der Waals surface area contributed by atoms with Gasteiger partial charge in [-0.25, -0.2) is 8.42 Å². The minimum absolute atomic E-state index is 0.0822. The highest BCUT2D eigenvalue weighted by atomic mass is 79.9. The number of halogens is 1. The van der Waals surface area contributed by atoms with Crippen LogP contribution in [0.1, 0.15) is 12.5 Å². The molecule has 3 rings (SSSR count). The van der Waals surface area contributed by atoms with Gasteiger partial charge >= 0.3 is 5.97 Å². The topological polar surface area (TPSA) is 72.5 Å². The molecule has 0 aromatic heterocycles. The zero-order chi connectivity index (χ0) is 20.9. The molecule has 7 heteroatoms. The molecule has 0 atom stereocenters. The number of hydrogen-bond donors (Lipinski definition) is 1. The number of rotatable bonds is 7. The normalized spacial score (nSPS) is 11.1. The van der Waals surface area contributed by atoms with Crippen molar-refractivity contribution in [1.29, 1.82) is 0 Å². The summed E-state index contributed by atoms with van der Waals surface area (Å²) in [5, 5.41) is 0. The van der Waals surface area contributed by atoms with Crippen LogP contribution in [0.15, 0.2) is 82.2 Å². The first-order valence-electron chi connectivity index (χ1n) is 9.01. The molecule has 0 saturated carbocycles. The van der Waals surface area contributed by atoms with Crippen LogP contribution in [0, 0.1) is 0 Å². The maximum atomic E-state index is 13.1. The molecule has 0 aliphatic rings. The summed E-state index contributed by atoms with van der Waals surface area (Å²) < 4.78 is 34.6. The predicted octanol–water partition coefficient (Wildman–Crippen LogP) is 5.02. The number of hydrogen-bond acceptors (Lipinski definition) is 4. The van der Waals surface area contributed by atoms with Crippen LogP contribution in [0.3, 0.4) is 0 Å². The van der Waals surface area contributed by atoms with Gasteiger partial charge in [0.15, 0.2) is 0 Å². The number of ether oxygens (including phenoxy) is 1. The van der Waals surface area contributed by atoms with Gasteiger partial charge in [-0.15, -0.1) is 0 Å². The van der Waals surface area contributed by atoms with Crippen molar-refractivity contribution in [3.63, 3.8) is 0 Å². The second kappa shape index (κ2) is 9.24. The summed E-state index contributed by atoms with van der Waals surface area (Å²) in [5.41, 5.74) is 2.46. The summed E-state index contributed by atoms with van der Waals surface area (Å²) in [4.78, 5) is 11.9. The Kier molecular flexibility index (Phi) is 6.71. The Labute approximate surface area is 178 Å². The molecule has 0 spiro atoms. The summed E-state index contributed by atoms with van der Waals surface area (Å²) >= 11 is 3.39. The highest BCUT2D eigenvalue weighted by molar-refractivity contribution is 9.10. The van der Waals surface area contributed by atoms with Gasteiger partial charge in [0, 0.05) is 15.7 Å². The lowest BCUT2D eigenvalue weighted by Gasteiger charge is -2.13.